The normalized spacial score (nSPS) is 10.2. The summed E-state index contributed by atoms with van der Waals surface area (Å²) >= 11 is 0. The fourth-order valence-corrected chi connectivity index (χ4v) is 2.37. The van der Waals surface area contributed by atoms with E-state index < -0.39 is 5.91 Å². The molecule has 0 aliphatic rings. The molecule has 0 atom stereocenters. The highest BCUT2D eigenvalue weighted by Gasteiger charge is 2.04. The second kappa shape index (κ2) is 8.79. The molecule has 3 rings (SSSR count). The molecule has 142 valence electrons. The summed E-state index contributed by atoms with van der Waals surface area (Å²) in [6.07, 6.45) is 6.81. The van der Waals surface area contributed by atoms with E-state index >= 15 is 0 Å². The van der Waals surface area contributed by atoms with E-state index in [0.29, 0.717) is 30.2 Å². The van der Waals surface area contributed by atoms with E-state index in [1.54, 1.807) is 42.5 Å². The van der Waals surface area contributed by atoms with Gasteiger partial charge in [0.15, 0.2) is 0 Å². The van der Waals surface area contributed by atoms with Crippen LogP contribution in [0.2, 0.25) is 0 Å². The molecular weight excluding hydrogens is 356 g/mol. The number of benzene rings is 1. The van der Waals surface area contributed by atoms with Crippen LogP contribution in [0.4, 0.5) is 11.6 Å². The van der Waals surface area contributed by atoms with Crippen LogP contribution >= 0.6 is 0 Å². The Morgan fingerprint density at radius 2 is 2.04 bits per heavy atom. The third kappa shape index (κ3) is 4.93. The lowest BCUT2D eigenvalue weighted by molar-refractivity contribution is 0.1000. The summed E-state index contributed by atoms with van der Waals surface area (Å²) in [4.78, 5) is 19.8. The number of aromatic nitrogens is 4. The van der Waals surface area contributed by atoms with Crippen LogP contribution in [0, 0.1) is 18.8 Å². The molecule has 0 aliphatic carbocycles. The summed E-state index contributed by atoms with van der Waals surface area (Å²) in [7, 11) is 1.65. The summed E-state index contributed by atoms with van der Waals surface area (Å²) < 4.78 is 6.80. The zero-order chi connectivity index (χ0) is 19.9. The van der Waals surface area contributed by atoms with Gasteiger partial charge in [0.25, 0.3) is 0 Å². The van der Waals surface area contributed by atoms with E-state index in [-0.39, 0.29) is 0 Å². The standard InChI is InChI=1S/C20H20N6O2/c1-14-3-5-17(19(21)27)9-16(14)6-4-15-10-22-20(23-11-15)25-18-12-24-26(13-18)7-8-28-2/h3,5,9-13H,7-8H2,1-2H3,(H2,21,27)(H,22,23,25). The van der Waals surface area contributed by atoms with Gasteiger partial charge in [-0.2, -0.15) is 5.10 Å². The number of hydrogen-bond donors (Lipinski definition) is 2. The Morgan fingerprint density at radius 3 is 2.75 bits per heavy atom. The number of hydrogen-bond acceptors (Lipinski definition) is 6. The number of nitrogens with one attached hydrogen (secondary N) is 1. The van der Waals surface area contributed by atoms with Gasteiger partial charge in [0.1, 0.15) is 0 Å². The second-order valence-electron chi connectivity index (χ2n) is 6.05. The first kappa shape index (κ1) is 19.1. The maximum Gasteiger partial charge on any atom is 0.248 e. The van der Waals surface area contributed by atoms with Crippen LogP contribution in [0.3, 0.4) is 0 Å². The van der Waals surface area contributed by atoms with Crippen LogP contribution in [-0.4, -0.2) is 39.4 Å². The van der Waals surface area contributed by atoms with E-state index in [1.165, 1.54) is 0 Å². The molecule has 8 nitrogen and oxygen atoms in total. The zero-order valence-corrected chi connectivity index (χ0v) is 15.6. The predicted octanol–water partition coefficient (Wildman–Crippen LogP) is 1.87. The second-order valence-corrected chi connectivity index (χ2v) is 6.05. The highest BCUT2D eigenvalue weighted by Crippen LogP contribution is 2.12. The Morgan fingerprint density at radius 1 is 1.25 bits per heavy atom. The van der Waals surface area contributed by atoms with Gasteiger partial charge in [0, 0.05) is 36.8 Å². The van der Waals surface area contributed by atoms with Crippen LogP contribution in [0.5, 0.6) is 0 Å². The number of ether oxygens (including phenoxy) is 1. The van der Waals surface area contributed by atoms with Gasteiger partial charge < -0.3 is 15.8 Å². The molecule has 2 aromatic heterocycles. The summed E-state index contributed by atoms with van der Waals surface area (Å²) in [5.41, 5.74) is 8.89. The number of methoxy groups -OCH3 is 1. The molecule has 3 N–H and O–H groups in total. The minimum Gasteiger partial charge on any atom is -0.383 e. The van der Waals surface area contributed by atoms with Crippen molar-refractivity contribution in [1.29, 1.82) is 0 Å². The highest BCUT2D eigenvalue weighted by atomic mass is 16.5. The topological polar surface area (TPSA) is 108 Å². The van der Waals surface area contributed by atoms with Crippen molar-refractivity contribution >= 4 is 17.5 Å². The number of rotatable bonds is 6. The van der Waals surface area contributed by atoms with Crippen LogP contribution in [0.1, 0.15) is 27.0 Å². The van der Waals surface area contributed by atoms with E-state index in [4.69, 9.17) is 10.5 Å². The molecule has 0 unspecified atom stereocenters. The van der Waals surface area contributed by atoms with Crippen molar-refractivity contribution in [3.63, 3.8) is 0 Å². The van der Waals surface area contributed by atoms with E-state index in [9.17, 15) is 4.79 Å². The average Bonchev–Trinajstić information content (AvgIpc) is 3.14. The maximum atomic E-state index is 11.3. The number of carbonyl (C=O) groups is 1. The molecule has 0 radical (unpaired) electrons. The molecule has 0 spiro atoms. The lowest BCUT2D eigenvalue weighted by Gasteiger charge is -2.02. The Balaban J connectivity index is 1.69. The number of nitrogens with zero attached hydrogens (tertiary/aromatic N) is 4. The quantitative estimate of drug-likeness (QED) is 0.636. The largest absolute Gasteiger partial charge is 0.383 e. The van der Waals surface area contributed by atoms with Crippen molar-refractivity contribution in [3.05, 3.63) is 65.2 Å². The number of primary amides is 1. The molecule has 0 aliphatic heterocycles. The SMILES string of the molecule is COCCn1cc(Nc2ncc(C#Cc3cc(C(N)=O)ccc3C)cn2)cn1. The van der Waals surface area contributed by atoms with Gasteiger partial charge in [-0.3, -0.25) is 9.48 Å². The van der Waals surface area contributed by atoms with Gasteiger partial charge in [-0.05, 0) is 24.6 Å². The lowest BCUT2D eigenvalue weighted by atomic mass is 10.0. The molecule has 28 heavy (non-hydrogen) atoms. The third-order valence-corrected chi connectivity index (χ3v) is 3.93. The molecule has 1 aromatic carbocycles. The number of anilines is 2. The van der Waals surface area contributed by atoms with Crippen molar-refractivity contribution in [2.75, 3.05) is 19.0 Å². The number of amides is 1. The van der Waals surface area contributed by atoms with E-state index in [1.807, 2.05) is 19.2 Å². The summed E-state index contributed by atoms with van der Waals surface area (Å²) in [5.74, 6) is 6.00. The Kier molecular flexibility index (Phi) is 5.99. The molecule has 1 amide bonds. The fourth-order valence-electron chi connectivity index (χ4n) is 2.37. The Bertz CT molecular complexity index is 1030. The monoisotopic (exact) mass is 376 g/mol. The van der Waals surface area contributed by atoms with Crippen LogP contribution in [0.25, 0.3) is 0 Å². The minimum absolute atomic E-state index is 0.428. The fraction of sp³-hybridized carbons (Fsp3) is 0.200. The third-order valence-electron chi connectivity index (χ3n) is 3.93. The molecule has 0 saturated heterocycles. The smallest absolute Gasteiger partial charge is 0.248 e. The molecular formula is C20H20N6O2. The zero-order valence-electron chi connectivity index (χ0n) is 15.6. The Labute approximate surface area is 162 Å². The average molecular weight is 376 g/mol. The summed E-state index contributed by atoms with van der Waals surface area (Å²) in [5, 5.41) is 7.31. The van der Waals surface area contributed by atoms with Gasteiger partial charge in [-0.1, -0.05) is 17.9 Å². The molecule has 0 bridgehead atoms. The minimum atomic E-state index is -0.479. The van der Waals surface area contributed by atoms with Crippen molar-refractivity contribution in [2.24, 2.45) is 5.73 Å². The number of nitrogens with two attached hydrogens (primary N) is 1. The molecule has 0 fully saturated rings. The highest BCUT2D eigenvalue weighted by molar-refractivity contribution is 5.93. The summed E-state index contributed by atoms with van der Waals surface area (Å²) in [6, 6.07) is 5.19. The number of aryl methyl sites for hydroxylation is 1. The van der Waals surface area contributed by atoms with Gasteiger partial charge in [0.05, 0.1) is 30.6 Å². The first-order valence-corrected chi connectivity index (χ1v) is 8.58. The van der Waals surface area contributed by atoms with Crippen molar-refractivity contribution < 1.29 is 9.53 Å². The molecule has 0 saturated carbocycles. The first-order chi connectivity index (χ1) is 13.5. The van der Waals surface area contributed by atoms with Gasteiger partial charge >= 0.3 is 0 Å². The molecule has 8 heteroatoms. The van der Waals surface area contributed by atoms with Crippen LogP contribution < -0.4 is 11.1 Å². The maximum absolute atomic E-state index is 11.3. The van der Waals surface area contributed by atoms with Gasteiger partial charge in [0.2, 0.25) is 11.9 Å². The van der Waals surface area contributed by atoms with Crippen LogP contribution in [-0.2, 0) is 11.3 Å². The first-order valence-electron chi connectivity index (χ1n) is 8.58. The lowest BCUT2D eigenvalue weighted by Crippen LogP contribution is -2.11. The molecule has 3 aromatic rings. The molecule has 2 heterocycles. The van der Waals surface area contributed by atoms with E-state index in [2.05, 4.69) is 32.2 Å². The van der Waals surface area contributed by atoms with Crippen molar-refractivity contribution in [2.45, 2.75) is 13.5 Å². The van der Waals surface area contributed by atoms with Crippen LogP contribution in [0.15, 0.2) is 43.0 Å². The number of carbonyl (C=O) groups excluding carboxylic acids is 1. The predicted molar refractivity (Wildman–Crippen MR) is 105 cm³/mol. The summed E-state index contributed by atoms with van der Waals surface area (Å²) in [6.45, 7) is 3.18. The van der Waals surface area contributed by atoms with E-state index in [0.717, 1.165) is 16.8 Å². The van der Waals surface area contributed by atoms with Gasteiger partial charge in [-0.25, -0.2) is 9.97 Å². The van der Waals surface area contributed by atoms with Gasteiger partial charge in [-0.15, -0.1) is 0 Å². The Hall–Kier alpha value is -3.70. The van der Waals surface area contributed by atoms with Crippen molar-refractivity contribution in [3.8, 4) is 11.8 Å². The van der Waals surface area contributed by atoms with Crippen molar-refractivity contribution in [1.82, 2.24) is 19.7 Å².